The quantitative estimate of drug-likeness (QED) is 0.309. The molecule has 0 spiro atoms. The Kier molecular flexibility index (Phi) is 7.64. The van der Waals surface area contributed by atoms with Gasteiger partial charge < -0.3 is 24.5 Å². The van der Waals surface area contributed by atoms with Crippen LogP contribution in [0.25, 0.3) is 0 Å². The summed E-state index contributed by atoms with van der Waals surface area (Å²) in [5.41, 5.74) is 1.13. The third kappa shape index (κ3) is 5.56. The monoisotopic (exact) mass is 283 g/mol. The minimum absolute atomic E-state index is 0.0999. The second-order valence-electron chi connectivity index (χ2n) is 4.21. The van der Waals surface area contributed by atoms with Crippen molar-refractivity contribution in [2.24, 2.45) is 5.16 Å². The zero-order valence-electron chi connectivity index (χ0n) is 11.8. The van der Waals surface area contributed by atoms with E-state index in [1.165, 1.54) is 0 Å². The van der Waals surface area contributed by atoms with Gasteiger partial charge in [0.2, 0.25) is 0 Å². The lowest BCUT2D eigenvalue weighted by atomic mass is 10.1. The van der Waals surface area contributed by atoms with E-state index >= 15 is 0 Å². The zero-order valence-corrected chi connectivity index (χ0v) is 11.8. The summed E-state index contributed by atoms with van der Waals surface area (Å²) in [6, 6.07) is 7.17. The molecule has 0 radical (unpaired) electrons. The molecule has 112 valence electrons. The molecule has 0 aromatic heterocycles. The van der Waals surface area contributed by atoms with E-state index in [2.05, 4.69) is 5.16 Å². The number of rotatable bonds is 9. The Morgan fingerprint density at radius 1 is 1.25 bits per heavy atom. The van der Waals surface area contributed by atoms with Crippen molar-refractivity contribution in [2.75, 3.05) is 33.5 Å². The summed E-state index contributed by atoms with van der Waals surface area (Å²) < 4.78 is 15.6. The molecule has 20 heavy (non-hydrogen) atoms. The van der Waals surface area contributed by atoms with Gasteiger partial charge in [0.1, 0.15) is 18.5 Å². The van der Waals surface area contributed by atoms with Gasteiger partial charge in [-0.1, -0.05) is 17.3 Å². The Labute approximate surface area is 118 Å². The van der Waals surface area contributed by atoms with E-state index < -0.39 is 6.10 Å². The van der Waals surface area contributed by atoms with E-state index in [9.17, 15) is 5.11 Å². The summed E-state index contributed by atoms with van der Waals surface area (Å²) in [6.07, 6.45) is -0.730. The van der Waals surface area contributed by atoms with Crippen LogP contribution in [0.5, 0.6) is 5.75 Å². The first kappa shape index (κ1) is 16.4. The van der Waals surface area contributed by atoms with Crippen molar-refractivity contribution in [3.63, 3.8) is 0 Å². The Morgan fingerprint density at radius 2 is 2.00 bits per heavy atom. The molecule has 1 atom stereocenters. The standard InChI is InChI=1S/C14H21NO5/c1-11(15-17)13-5-3-4-6-14(13)20-10-12(16)9-19-8-7-18-2/h3-6,12,16-17H,7-10H2,1-2H3/b15-11+. The number of hydrogen-bond donors (Lipinski definition) is 2. The first-order valence-electron chi connectivity index (χ1n) is 6.34. The van der Waals surface area contributed by atoms with Crippen LogP contribution in [-0.2, 0) is 9.47 Å². The maximum atomic E-state index is 9.73. The van der Waals surface area contributed by atoms with E-state index in [-0.39, 0.29) is 13.2 Å². The van der Waals surface area contributed by atoms with Gasteiger partial charge in [0, 0.05) is 12.7 Å². The van der Waals surface area contributed by atoms with Gasteiger partial charge in [0.15, 0.2) is 0 Å². The van der Waals surface area contributed by atoms with Crippen LogP contribution in [0.4, 0.5) is 0 Å². The Morgan fingerprint density at radius 3 is 2.70 bits per heavy atom. The summed E-state index contributed by atoms with van der Waals surface area (Å²) in [5.74, 6) is 0.554. The van der Waals surface area contributed by atoms with Gasteiger partial charge >= 0.3 is 0 Å². The fourth-order valence-electron chi connectivity index (χ4n) is 1.54. The lowest BCUT2D eigenvalue weighted by Crippen LogP contribution is -2.24. The zero-order chi connectivity index (χ0) is 14.8. The molecule has 6 heteroatoms. The molecule has 6 nitrogen and oxygen atoms in total. The highest BCUT2D eigenvalue weighted by Gasteiger charge is 2.10. The van der Waals surface area contributed by atoms with Crippen LogP contribution in [-0.4, -0.2) is 55.7 Å². The maximum absolute atomic E-state index is 9.73. The van der Waals surface area contributed by atoms with E-state index in [1.807, 2.05) is 12.1 Å². The molecule has 0 saturated carbocycles. The molecule has 0 amide bonds. The number of para-hydroxylation sites is 1. The molecule has 0 fully saturated rings. The highest BCUT2D eigenvalue weighted by Crippen LogP contribution is 2.19. The molecule has 1 unspecified atom stereocenters. The minimum atomic E-state index is -0.730. The number of aliphatic hydroxyl groups excluding tert-OH is 1. The molecule has 0 heterocycles. The van der Waals surface area contributed by atoms with Crippen molar-refractivity contribution in [1.82, 2.24) is 0 Å². The third-order valence-electron chi connectivity index (χ3n) is 2.60. The van der Waals surface area contributed by atoms with Crippen molar-refractivity contribution in [1.29, 1.82) is 0 Å². The largest absolute Gasteiger partial charge is 0.490 e. The SMILES string of the molecule is COCCOCC(O)COc1ccccc1/C(C)=N/O. The van der Waals surface area contributed by atoms with Crippen molar-refractivity contribution in [3.8, 4) is 5.75 Å². The summed E-state index contributed by atoms with van der Waals surface area (Å²) in [4.78, 5) is 0. The molecular formula is C14H21NO5. The van der Waals surface area contributed by atoms with Crippen molar-refractivity contribution in [2.45, 2.75) is 13.0 Å². The molecule has 0 aliphatic rings. The van der Waals surface area contributed by atoms with E-state index in [1.54, 1.807) is 26.2 Å². The van der Waals surface area contributed by atoms with E-state index in [0.717, 1.165) is 0 Å². The average Bonchev–Trinajstić information content (AvgIpc) is 2.49. The molecule has 0 aliphatic heterocycles. The molecular weight excluding hydrogens is 262 g/mol. The van der Waals surface area contributed by atoms with Crippen molar-refractivity contribution in [3.05, 3.63) is 29.8 Å². The highest BCUT2D eigenvalue weighted by molar-refractivity contribution is 6.00. The summed E-state index contributed by atoms with van der Waals surface area (Å²) in [7, 11) is 1.59. The van der Waals surface area contributed by atoms with Crippen LogP contribution < -0.4 is 4.74 Å². The van der Waals surface area contributed by atoms with E-state index in [4.69, 9.17) is 19.4 Å². The van der Waals surface area contributed by atoms with Gasteiger partial charge in [0.25, 0.3) is 0 Å². The van der Waals surface area contributed by atoms with Gasteiger partial charge in [-0.15, -0.1) is 0 Å². The molecule has 0 saturated heterocycles. The summed E-state index contributed by atoms with van der Waals surface area (Å²) >= 11 is 0. The van der Waals surface area contributed by atoms with Gasteiger partial charge in [-0.3, -0.25) is 0 Å². The first-order chi connectivity index (χ1) is 9.69. The number of ether oxygens (including phenoxy) is 3. The lowest BCUT2D eigenvalue weighted by molar-refractivity contribution is -0.00421. The molecule has 1 aromatic carbocycles. The minimum Gasteiger partial charge on any atom is -0.490 e. The molecule has 0 aliphatic carbocycles. The second kappa shape index (κ2) is 9.30. The molecule has 0 bridgehead atoms. The fourth-order valence-corrected chi connectivity index (χ4v) is 1.54. The first-order valence-corrected chi connectivity index (χ1v) is 6.34. The van der Waals surface area contributed by atoms with Gasteiger partial charge in [-0.2, -0.15) is 0 Å². The fraction of sp³-hybridized carbons (Fsp3) is 0.500. The van der Waals surface area contributed by atoms with Crippen LogP contribution in [0, 0.1) is 0 Å². The van der Waals surface area contributed by atoms with Crippen LogP contribution in [0.2, 0.25) is 0 Å². The van der Waals surface area contributed by atoms with Crippen LogP contribution >= 0.6 is 0 Å². The van der Waals surface area contributed by atoms with Crippen LogP contribution in [0.15, 0.2) is 29.4 Å². The average molecular weight is 283 g/mol. The Bertz CT molecular complexity index is 422. The van der Waals surface area contributed by atoms with Gasteiger partial charge in [0.05, 0.1) is 25.5 Å². The predicted molar refractivity (Wildman–Crippen MR) is 74.6 cm³/mol. The summed E-state index contributed by atoms with van der Waals surface area (Å²) in [5, 5.41) is 21.7. The topological polar surface area (TPSA) is 80.5 Å². The maximum Gasteiger partial charge on any atom is 0.128 e. The predicted octanol–water partition coefficient (Wildman–Crippen LogP) is 1.29. The molecule has 1 rings (SSSR count). The van der Waals surface area contributed by atoms with Gasteiger partial charge in [-0.05, 0) is 19.1 Å². The Hall–Kier alpha value is -1.63. The third-order valence-corrected chi connectivity index (χ3v) is 2.60. The number of oxime groups is 1. The lowest BCUT2D eigenvalue weighted by Gasteiger charge is -2.14. The molecule has 1 aromatic rings. The normalized spacial score (nSPS) is 13.2. The van der Waals surface area contributed by atoms with Crippen LogP contribution in [0.1, 0.15) is 12.5 Å². The number of hydrogen-bond acceptors (Lipinski definition) is 6. The van der Waals surface area contributed by atoms with E-state index in [0.29, 0.717) is 30.2 Å². The van der Waals surface area contributed by atoms with Gasteiger partial charge in [-0.25, -0.2) is 0 Å². The number of aliphatic hydroxyl groups is 1. The smallest absolute Gasteiger partial charge is 0.128 e. The second-order valence-corrected chi connectivity index (χ2v) is 4.21. The number of methoxy groups -OCH3 is 1. The summed E-state index contributed by atoms with van der Waals surface area (Å²) in [6.45, 7) is 2.87. The van der Waals surface area contributed by atoms with Crippen molar-refractivity contribution >= 4 is 5.71 Å². The number of nitrogens with zero attached hydrogens (tertiary/aromatic N) is 1. The number of benzene rings is 1. The molecule has 2 N–H and O–H groups in total. The van der Waals surface area contributed by atoms with Crippen LogP contribution in [0.3, 0.4) is 0 Å². The Balaban J connectivity index is 2.45. The van der Waals surface area contributed by atoms with Crippen molar-refractivity contribution < 1.29 is 24.5 Å². The highest BCUT2D eigenvalue weighted by atomic mass is 16.5.